The van der Waals surface area contributed by atoms with Gasteiger partial charge in [0.05, 0.1) is 13.2 Å². The standard InChI is InChI=1S/C15H18N2O5/c1-20-15(19)16-8-13(18)17-7-3-5-11(17)10-4-2-6-12-14(10)22-9-21-12/h2,4,6,11H,3,5,7-9H2,1H3,(H,16,19). The Bertz CT molecular complexity index is 589. The van der Waals surface area contributed by atoms with Crippen LogP contribution in [0.3, 0.4) is 0 Å². The molecule has 7 heteroatoms. The summed E-state index contributed by atoms with van der Waals surface area (Å²) in [4.78, 5) is 25.2. The molecule has 3 rings (SSSR count). The fraction of sp³-hybridized carbons (Fsp3) is 0.467. The first kappa shape index (κ1) is 14.5. The van der Waals surface area contributed by atoms with E-state index in [1.807, 2.05) is 18.2 Å². The highest BCUT2D eigenvalue weighted by Crippen LogP contribution is 2.43. The van der Waals surface area contributed by atoms with Crippen LogP contribution in [0.4, 0.5) is 4.79 Å². The van der Waals surface area contributed by atoms with Crippen LogP contribution >= 0.6 is 0 Å². The summed E-state index contributed by atoms with van der Waals surface area (Å²) in [5, 5.41) is 2.43. The molecule has 1 saturated heterocycles. The van der Waals surface area contributed by atoms with Crippen LogP contribution in [0.5, 0.6) is 11.5 Å². The largest absolute Gasteiger partial charge is 0.454 e. The van der Waals surface area contributed by atoms with Crippen LogP contribution in [-0.4, -0.2) is 43.9 Å². The van der Waals surface area contributed by atoms with Crippen LogP contribution in [-0.2, 0) is 9.53 Å². The summed E-state index contributed by atoms with van der Waals surface area (Å²) in [6.45, 7) is 0.795. The molecule has 1 N–H and O–H groups in total. The second-order valence-electron chi connectivity index (χ2n) is 5.17. The third-order valence-electron chi connectivity index (χ3n) is 3.93. The van der Waals surface area contributed by atoms with E-state index >= 15 is 0 Å². The van der Waals surface area contributed by atoms with Gasteiger partial charge in [-0.3, -0.25) is 4.79 Å². The maximum absolute atomic E-state index is 12.3. The highest BCUT2D eigenvalue weighted by atomic mass is 16.7. The van der Waals surface area contributed by atoms with Crippen LogP contribution in [0, 0.1) is 0 Å². The molecule has 0 bridgehead atoms. The van der Waals surface area contributed by atoms with Gasteiger partial charge in [-0.2, -0.15) is 0 Å². The Hall–Kier alpha value is -2.44. The van der Waals surface area contributed by atoms with E-state index in [-0.39, 0.29) is 25.3 Å². The second-order valence-corrected chi connectivity index (χ2v) is 5.17. The molecular formula is C15H18N2O5. The number of likely N-dealkylation sites (tertiary alicyclic amines) is 1. The van der Waals surface area contributed by atoms with Gasteiger partial charge >= 0.3 is 6.09 Å². The van der Waals surface area contributed by atoms with Gasteiger partial charge in [-0.25, -0.2) is 4.79 Å². The van der Waals surface area contributed by atoms with E-state index in [0.717, 1.165) is 18.4 Å². The molecular weight excluding hydrogens is 288 g/mol. The van der Waals surface area contributed by atoms with Crippen molar-refractivity contribution >= 4 is 12.0 Å². The van der Waals surface area contributed by atoms with Crippen LogP contribution in [0.25, 0.3) is 0 Å². The molecule has 0 radical (unpaired) electrons. The van der Waals surface area contributed by atoms with Crippen molar-refractivity contribution in [2.24, 2.45) is 0 Å². The molecule has 2 amide bonds. The number of benzene rings is 1. The highest BCUT2D eigenvalue weighted by molar-refractivity contribution is 5.83. The predicted molar refractivity (Wildman–Crippen MR) is 76.7 cm³/mol. The zero-order chi connectivity index (χ0) is 15.5. The minimum atomic E-state index is -0.610. The summed E-state index contributed by atoms with van der Waals surface area (Å²) in [5.74, 6) is 1.29. The maximum atomic E-state index is 12.3. The molecule has 1 atom stereocenters. The van der Waals surface area contributed by atoms with Crippen molar-refractivity contribution < 1.29 is 23.8 Å². The summed E-state index contributed by atoms with van der Waals surface area (Å²) in [7, 11) is 1.27. The molecule has 0 aromatic heterocycles. The number of amides is 2. The number of methoxy groups -OCH3 is 1. The summed E-state index contributed by atoms with van der Waals surface area (Å²) < 4.78 is 15.4. The van der Waals surface area contributed by atoms with Crippen molar-refractivity contribution in [3.63, 3.8) is 0 Å². The molecule has 0 spiro atoms. The summed E-state index contributed by atoms with van der Waals surface area (Å²) in [6, 6.07) is 5.66. The number of carbonyl (C=O) groups is 2. The van der Waals surface area contributed by atoms with E-state index in [1.54, 1.807) is 4.90 Å². The van der Waals surface area contributed by atoms with Crippen LogP contribution in [0.1, 0.15) is 24.4 Å². The summed E-state index contributed by atoms with van der Waals surface area (Å²) in [5.41, 5.74) is 0.957. The molecule has 1 unspecified atom stereocenters. The first-order valence-corrected chi connectivity index (χ1v) is 7.20. The molecule has 118 valence electrons. The average Bonchev–Trinajstić information content (AvgIpc) is 3.20. The number of carbonyl (C=O) groups excluding carboxylic acids is 2. The van der Waals surface area contributed by atoms with Crippen LogP contribution < -0.4 is 14.8 Å². The molecule has 1 fully saturated rings. The Balaban J connectivity index is 1.75. The van der Waals surface area contributed by atoms with Gasteiger partial charge in [0.1, 0.15) is 6.54 Å². The number of rotatable bonds is 3. The van der Waals surface area contributed by atoms with Gasteiger partial charge in [0.25, 0.3) is 0 Å². The zero-order valence-corrected chi connectivity index (χ0v) is 12.3. The number of para-hydroxylation sites is 1. The van der Waals surface area contributed by atoms with Crippen LogP contribution in [0.2, 0.25) is 0 Å². The number of hydrogen-bond donors (Lipinski definition) is 1. The SMILES string of the molecule is COC(=O)NCC(=O)N1CCCC1c1cccc2c1OCO2. The van der Waals surface area contributed by atoms with Gasteiger partial charge in [-0.1, -0.05) is 12.1 Å². The van der Waals surface area contributed by atoms with Crippen molar-refractivity contribution in [3.05, 3.63) is 23.8 Å². The fourth-order valence-corrected chi connectivity index (χ4v) is 2.93. The van der Waals surface area contributed by atoms with E-state index in [4.69, 9.17) is 9.47 Å². The Kier molecular flexibility index (Phi) is 4.04. The van der Waals surface area contributed by atoms with Gasteiger partial charge in [0.15, 0.2) is 11.5 Å². The molecule has 7 nitrogen and oxygen atoms in total. The molecule has 2 aliphatic rings. The lowest BCUT2D eigenvalue weighted by Gasteiger charge is -2.25. The lowest BCUT2D eigenvalue weighted by Crippen LogP contribution is -2.39. The second kappa shape index (κ2) is 6.13. The Morgan fingerprint density at radius 3 is 3.09 bits per heavy atom. The summed E-state index contributed by atoms with van der Waals surface area (Å²) >= 11 is 0. The Morgan fingerprint density at radius 1 is 1.41 bits per heavy atom. The molecule has 0 saturated carbocycles. The fourth-order valence-electron chi connectivity index (χ4n) is 2.93. The van der Waals surface area contributed by atoms with Crippen molar-refractivity contribution in [1.29, 1.82) is 0 Å². The van der Waals surface area contributed by atoms with E-state index in [9.17, 15) is 9.59 Å². The molecule has 2 heterocycles. The monoisotopic (exact) mass is 306 g/mol. The average molecular weight is 306 g/mol. The third-order valence-corrected chi connectivity index (χ3v) is 3.93. The first-order valence-electron chi connectivity index (χ1n) is 7.20. The lowest BCUT2D eigenvalue weighted by atomic mass is 10.0. The van der Waals surface area contributed by atoms with E-state index in [1.165, 1.54) is 7.11 Å². The normalized spacial score (nSPS) is 19.1. The van der Waals surface area contributed by atoms with Crippen molar-refractivity contribution in [2.75, 3.05) is 27.0 Å². The van der Waals surface area contributed by atoms with Gasteiger partial charge in [-0.05, 0) is 18.9 Å². The predicted octanol–water partition coefficient (Wildman–Crippen LogP) is 1.43. The minimum Gasteiger partial charge on any atom is -0.454 e. The lowest BCUT2D eigenvalue weighted by molar-refractivity contribution is -0.131. The van der Waals surface area contributed by atoms with E-state index in [0.29, 0.717) is 18.0 Å². The van der Waals surface area contributed by atoms with Gasteiger partial charge in [0.2, 0.25) is 12.7 Å². The van der Waals surface area contributed by atoms with Gasteiger partial charge in [-0.15, -0.1) is 0 Å². The zero-order valence-electron chi connectivity index (χ0n) is 12.3. The van der Waals surface area contributed by atoms with E-state index < -0.39 is 6.09 Å². The van der Waals surface area contributed by atoms with Gasteiger partial charge < -0.3 is 24.4 Å². The highest BCUT2D eigenvalue weighted by Gasteiger charge is 2.33. The van der Waals surface area contributed by atoms with Crippen molar-refractivity contribution in [3.8, 4) is 11.5 Å². The van der Waals surface area contributed by atoms with E-state index in [2.05, 4.69) is 10.1 Å². The number of nitrogens with one attached hydrogen (secondary N) is 1. The molecule has 0 aliphatic carbocycles. The first-order chi connectivity index (χ1) is 10.7. The topological polar surface area (TPSA) is 77.1 Å². The third kappa shape index (κ3) is 2.66. The molecule has 1 aromatic carbocycles. The number of fused-ring (bicyclic) bond motifs is 1. The number of nitrogens with zero attached hydrogens (tertiary/aromatic N) is 1. The Labute approximate surface area is 128 Å². The smallest absolute Gasteiger partial charge is 0.407 e. The molecule has 2 aliphatic heterocycles. The summed E-state index contributed by atoms with van der Waals surface area (Å²) in [6.07, 6.45) is 1.17. The number of ether oxygens (including phenoxy) is 3. The molecule has 1 aromatic rings. The maximum Gasteiger partial charge on any atom is 0.407 e. The van der Waals surface area contributed by atoms with Crippen LogP contribution in [0.15, 0.2) is 18.2 Å². The number of alkyl carbamates (subject to hydrolysis) is 1. The molecule has 22 heavy (non-hydrogen) atoms. The van der Waals surface area contributed by atoms with Crippen molar-refractivity contribution in [2.45, 2.75) is 18.9 Å². The van der Waals surface area contributed by atoms with Crippen molar-refractivity contribution in [1.82, 2.24) is 10.2 Å². The number of hydrogen-bond acceptors (Lipinski definition) is 5. The Morgan fingerprint density at radius 2 is 2.27 bits per heavy atom. The quantitative estimate of drug-likeness (QED) is 0.914. The van der Waals surface area contributed by atoms with Gasteiger partial charge in [0, 0.05) is 12.1 Å². The minimum absolute atomic E-state index is 0.0522.